The lowest BCUT2D eigenvalue weighted by Gasteiger charge is -2.27. The van der Waals surface area contributed by atoms with Gasteiger partial charge < -0.3 is 10.2 Å². The number of benzene rings is 2. The SMILES string of the molecule is [2H]c1c([2H])c([2H])c(C(C)(C)c2c([2H])c([2H])c([2H])c([2H])c2O)c(O)c1[2H]. The Balaban J connectivity index is 2.96. The molecule has 0 amide bonds. The standard InChI is InChI=1S/C15H16O2/c1-15(2,11-7-3-5-9-13(11)16)12-8-4-6-10-14(12)17/h3-10,16-17H,1-2H3/i3D,4D,5D,6D,7D,8D,9D,10D. The van der Waals surface area contributed by atoms with Gasteiger partial charge in [0.2, 0.25) is 0 Å². The zero-order valence-electron chi connectivity index (χ0n) is 17.4. The molecular formula is C15H16O2. The molecule has 17 heavy (non-hydrogen) atoms. The third kappa shape index (κ3) is 1.98. The molecule has 0 heterocycles. The second-order valence-electron chi connectivity index (χ2n) is 4.07. The molecule has 0 saturated carbocycles. The van der Waals surface area contributed by atoms with Crippen LogP contribution in [0.5, 0.6) is 11.5 Å². The Hall–Kier alpha value is -1.96. The highest BCUT2D eigenvalue weighted by Gasteiger charge is 2.28. The number of rotatable bonds is 2. The van der Waals surface area contributed by atoms with Crippen molar-refractivity contribution >= 4 is 0 Å². The third-order valence-electron chi connectivity index (χ3n) is 2.59. The second kappa shape index (κ2) is 4.13. The van der Waals surface area contributed by atoms with E-state index in [-0.39, 0.29) is 11.1 Å². The lowest BCUT2D eigenvalue weighted by molar-refractivity contribution is 0.435. The Kier molecular flexibility index (Phi) is 1.25. The van der Waals surface area contributed by atoms with E-state index in [9.17, 15) is 10.2 Å². The van der Waals surface area contributed by atoms with Gasteiger partial charge in [-0.1, -0.05) is 50.1 Å². The highest BCUT2D eigenvalue weighted by molar-refractivity contribution is 5.49. The quantitative estimate of drug-likeness (QED) is 0.838. The first kappa shape index (κ1) is 5.13. The Morgan fingerprint density at radius 3 is 1.59 bits per heavy atom. The van der Waals surface area contributed by atoms with Crippen LogP contribution in [0.25, 0.3) is 0 Å². The van der Waals surface area contributed by atoms with Gasteiger partial charge in [0.1, 0.15) is 11.5 Å². The van der Waals surface area contributed by atoms with E-state index in [0.29, 0.717) is 0 Å². The Morgan fingerprint density at radius 2 is 1.18 bits per heavy atom. The fourth-order valence-electron chi connectivity index (χ4n) is 1.64. The van der Waals surface area contributed by atoms with E-state index in [0.717, 1.165) is 0 Å². The summed E-state index contributed by atoms with van der Waals surface area (Å²) in [5, 5.41) is 20.5. The number of phenolic OH excluding ortho intramolecular Hbond substituents is 2. The molecule has 88 valence electrons. The minimum Gasteiger partial charge on any atom is -0.508 e. The van der Waals surface area contributed by atoms with Gasteiger partial charge in [-0.05, 0) is 12.1 Å². The summed E-state index contributed by atoms with van der Waals surface area (Å²) >= 11 is 0. The van der Waals surface area contributed by atoms with Crippen LogP contribution in [0.3, 0.4) is 0 Å². The molecule has 0 radical (unpaired) electrons. The molecule has 0 spiro atoms. The molecule has 0 aliphatic heterocycles. The second-order valence-corrected chi connectivity index (χ2v) is 4.07. The maximum absolute atomic E-state index is 10.3. The smallest absolute Gasteiger partial charge is 0.119 e. The lowest BCUT2D eigenvalue weighted by atomic mass is 9.77. The largest absolute Gasteiger partial charge is 0.508 e. The van der Waals surface area contributed by atoms with E-state index in [1.165, 1.54) is 13.8 Å². The lowest BCUT2D eigenvalue weighted by Crippen LogP contribution is -2.19. The number of hydrogen-bond acceptors (Lipinski definition) is 2. The molecule has 0 aliphatic rings. The van der Waals surface area contributed by atoms with Crippen molar-refractivity contribution in [2.75, 3.05) is 0 Å². The van der Waals surface area contributed by atoms with Crippen molar-refractivity contribution in [3.8, 4) is 11.5 Å². The Labute approximate surface area is 112 Å². The third-order valence-corrected chi connectivity index (χ3v) is 2.59. The molecule has 0 aliphatic carbocycles. The summed E-state index contributed by atoms with van der Waals surface area (Å²) in [6.45, 7) is 2.80. The first-order valence-corrected chi connectivity index (χ1v) is 4.95. The van der Waals surface area contributed by atoms with Crippen LogP contribution >= 0.6 is 0 Å². The summed E-state index contributed by atoms with van der Waals surface area (Å²) < 4.78 is 62.3. The molecule has 2 rings (SSSR count). The number of phenols is 2. The molecule has 2 N–H and O–H groups in total. The van der Waals surface area contributed by atoms with Crippen LogP contribution < -0.4 is 0 Å². The topological polar surface area (TPSA) is 40.5 Å². The number of aromatic hydroxyl groups is 2. The van der Waals surface area contributed by atoms with Crippen molar-refractivity contribution in [1.29, 1.82) is 0 Å². The molecule has 2 heteroatoms. The van der Waals surface area contributed by atoms with Crippen LogP contribution in [-0.4, -0.2) is 10.2 Å². The molecule has 0 aromatic heterocycles. The van der Waals surface area contributed by atoms with Crippen molar-refractivity contribution in [1.82, 2.24) is 0 Å². The molecule has 2 aromatic carbocycles. The van der Waals surface area contributed by atoms with Gasteiger partial charge in [-0.2, -0.15) is 0 Å². The number of hydrogen-bond donors (Lipinski definition) is 2. The molecule has 0 bridgehead atoms. The molecule has 0 saturated heterocycles. The van der Waals surface area contributed by atoms with Gasteiger partial charge in [-0.15, -0.1) is 0 Å². The predicted octanol–water partition coefficient (Wildman–Crippen LogP) is 3.42. The van der Waals surface area contributed by atoms with Gasteiger partial charge in [-0.3, -0.25) is 0 Å². The predicted molar refractivity (Wildman–Crippen MR) is 68.3 cm³/mol. The average Bonchev–Trinajstić information content (AvgIpc) is 2.54. The van der Waals surface area contributed by atoms with E-state index in [4.69, 9.17) is 11.0 Å². The van der Waals surface area contributed by atoms with Crippen LogP contribution in [0.1, 0.15) is 35.9 Å². The summed E-state index contributed by atoms with van der Waals surface area (Å²) in [4.78, 5) is 0. The van der Waals surface area contributed by atoms with Crippen LogP contribution in [-0.2, 0) is 5.41 Å². The van der Waals surface area contributed by atoms with Crippen molar-refractivity contribution in [2.45, 2.75) is 19.3 Å². The highest BCUT2D eigenvalue weighted by Crippen LogP contribution is 2.39. The summed E-state index contributed by atoms with van der Waals surface area (Å²) in [6.07, 6.45) is 0. The van der Waals surface area contributed by atoms with E-state index >= 15 is 0 Å². The van der Waals surface area contributed by atoms with Crippen molar-refractivity contribution in [2.24, 2.45) is 0 Å². The highest BCUT2D eigenvalue weighted by atomic mass is 16.3. The first-order valence-electron chi connectivity index (χ1n) is 8.95. The summed E-state index contributed by atoms with van der Waals surface area (Å²) in [6, 6.07) is -4.85. The first-order chi connectivity index (χ1) is 11.4. The van der Waals surface area contributed by atoms with Crippen molar-refractivity contribution in [3.05, 3.63) is 59.5 Å². The van der Waals surface area contributed by atoms with E-state index in [1.54, 1.807) is 0 Å². The minimum absolute atomic E-state index is 0.265. The summed E-state index contributed by atoms with van der Waals surface area (Å²) in [5.41, 5.74) is -2.06. The van der Waals surface area contributed by atoms with Gasteiger partial charge in [0.15, 0.2) is 0 Å². The molecule has 0 atom stereocenters. The maximum Gasteiger partial charge on any atom is 0.119 e. The number of para-hydroxylation sites is 2. The fraction of sp³-hybridized carbons (Fsp3) is 0.200. The molecular weight excluding hydrogens is 212 g/mol. The molecule has 2 aromatic rings. The zero-order chi connectivity index (χ0) is 19.4. The minimum atomic E-state index is -1.53. The van der Waals surface area contributed by atoms with Crippen molar-refractivity contribution < 1.29 is 21.2 Å². The Morgan fingerprint density at radius 1 is 0.824 bits per heavy atom. The Bertz CT molecular complexity index is 763. The van der Waals surface area contributed by atoms with Crippen LogP contribution in [0.4, 0.5) is 0 Å². The van der Waals surface area contributed by atoms with Gasteiger partial charge in [0, 0.05) is 16.5 Å². The van der Waals surface area contributed by atoms with E-state index in [2.05, 4.69) is 0 Å². The summed E-state index contributed by atoms with van der Waals surface area (Å²) in [7, 11) is 0. The van der Waals surface area contributed by atoms with Crippen molar-refractivity contribution in [3.63, 3.8) is 0 Å². The molecule has 0 fully saturated rings. The average molecular weight is 236 g/mol. The van der Waals surface area contributed by atoms with Crippen LogP contribution in [0.2, 0.25) is 0 Å². The van der Waals surface area contributed by atoms with Gasteiger partial charge >= 0.3 is 0 Å². The fourth-order valence-corrected chi connectivity index (χ4v) is 1.64. The van der Waals surface area contributed by atoms with E-state index < -0.39 is 65.3 Å². The van der Waals surface area contributed by atoms with Gasteiger partial charge in [0.25, 0.3) is 0 Å². The monoisotopic (exact) mass is 236 g/mol. The van der Waals surface area contributed by atoms with Gasteiger partial charge in [0.05, 0.1) is 11.0 Å². The summed E-state index contributed by atoms with van der Waals surface area (Å²) in [5.74, 6) is -1.47. The molecule has 0 unspecified atom stereocenters. The van der Waals surface area contributed by atoms with Crippen LogP contribution in [0.15, 0.2) is 48.3 Å². The molecule has 2 nitrogen and oxygen atoms in total. The van der Waals surface area contributed by atoms with E-state index in [1.807, 2.05) is 0 Å². The van der Waals surface area contributed by atoms with Crippen LogP contribution in [0, 0.1) is 0 Å². The maximum atomic E-state index is 10.3. The zero-order valence-corrected chi connectivity index (χ0v) is 9.39. The normalized spacial score (nSPS) is 18.0. The van der Waals surface area contributed by atoms with Gasteiger partial charge in [-0.25, -0.2) is 0 Å².